The van der Waals surface area contributed by atoms with E-state index in [4.69, 9.17) is 15.2 Å². The molecule has 1 rings (SSSR count). The molecule has 0 spiro atoms. The van der Waals surface area contributed by atoms with Crippen molar-refractivity contribution in [3.05, 3.63) is 0 Å². The minimum absolute atomic E-state index is 0.0940. The molecule has 1 aliphatic rings. The molecule has 0 bridgehead atoms. The highest BCUT2D eigenvalue weighted by Crippen LogP contribution is 2.16. The number of nitrogens with two attached hydrogens (primary N) is 1. The molecule has 1 fully saturated rings. The molecule has 2 N–H and O–H groups in total. The standard InChI is InChI=1S/C15H30N2O3/c1-12(2)11-14(16)15(18)17-7-5-13(6-8-17)20-10-4-9-19-3/h12-14H,4-11,16H2,1-3H3/t14-/m0/s1. The molecular weight excluding hydrogens is 256 g/mol. The summed E-state index contributed by atoms with van der Waals surface area (Å²) in [6, 6.07) is -0.353. The van der Waals surface area contributed by atoms with E-state index < -0.39 is 0 Å². The summed E-state index contributed by atoms with van der Waals surface area (Å²) in [5.74, 6) is 0.548. The Bertz CT molecular complexity index is 276. The van der Waals surface area contributed by atoms with E-state index in [9.17, 15) is 4.79 Å². The minimum Gasteiger partial charge on any atom is -0.385 e. The summed E-state index contributed by atoms with van der Waals surface area (Å²) in [5, 5.41) is 0. The van der Waals surface area contributed by atoms with Gasteiger partial charge in [0.1, 0.15) is 0 Å². The third-order valence-corrected chi connectivity index (χ3v) is 3.64. The molecule has 1 saturated heterocycles. The molecule has 1 atom stereocenters. The second-order valence-electron chi connectivity index (χ2n) is 5.98. The molecule has 1 amide bonds. The van der Waals surface area contributed by atoms with E-state index in [-0.39, 0.29) is 18.1 Å². The predicted octanol–water partition coefficient (Wildman–Crippen LogP) is 1.40. The van der Waals surface area contributed by atoms with Crippen LogP contribution >= 0.6 is 0 Å². The second-order valence-corrected chi connectivity index (χ2v) is 5.98. The highest BCUT2D eigenvalue weighted by Gasteiger charge is 2.26. The summed E-state index contributed by atoms with van der Waals surface area (Å²) >= 11 is 0. The molecule has 0 radical (unpaired) electrons. The molecule has 0 aliphatic carbocycles. The number of rotatable bonds is 8. The van der Waals surface area contributed by atoms with Gasteiger partial charge in [0.05, 0.1) is 12.1 Å². The van der Waals surface area contributed by atoms with Crippen molar-refractivity contribution in [2.75, 3.05) is 33.4 Å². The number of ether oxygens (including phenoxy) is 2. The summed E-state index contributed by atoms with van der Waals surface area (Å²) < 4.78 is 10.8. The monoisotopic (exact) mass is 286 g/mol. The van der Waals surface area contributed by atoms with Crippen LogP contribution in [0, 0.1) is 5.92 Å². The van der Waals surface area contributed by atoms with Crippen molar-refractivity contribution in [1.82, 2.24) is 4.90 Å². The molecule has 0 unspecified atom stereocenters. The van der Waals surface area contributed by atoms with Gasteiger partial charge in [0.15, 0.2) is 0 Å². The Balaban J connectivity index is 2.22. The fourth-order valence-electron chi connectivity index (χ4n) is 2.54. The zero-order valence-electron chi connectivity index (χ0n) is 13.1. The fraction of sp³-hybridized carbons (Fsp3) is 0.933. The summed E-state index contributed by atoms with van der Waals surface area (Å²) in [4.78, 5) is 14.1. The summed E-state index contributed by atoms with van der Waals surface area (Å²) in [7, 11) is 1.70. The number of carbonyl (C=O) groups excluding carboxylic acids is 1. The number of amides is 1. The highest BCUT2D eigenvalue weighted by atomic mass is 16.5. The van der Waals surface area contributed by atoms with Crippen LogP contribution in [-0.4, -0.2) is 56.4 Å². The van der Waals surface area contributed by atoms with E-state index in [1.807, 2.05) is 4.90 Å². The van der Waals surface area contributed by atoms with E-state index in [0.717, 1.165) is 52.0 Å². The Hall–Kier alpha value is -0.650. The van der Waals surface area contributed by atoms with Crippen molar-refractivity contribution in [3.63, 3.8) is 0 Å². The summed E-state index contributed by atoms with van der Waals surface area (Å²) in [6.45, 7) is 7.18. The van der Waals surface area contributed by atoms with Gasteiger partial charge in [-0.15, -0.1) is 0 Å². The SMILES string of the molecule is COCCCOC1CCN(C(=O)[C@@H](N)CC(C)C)CC1. The maximum atomic E-state index is 12.2. The quantitative estimate of drug-likeness (QED) is 0.685. The predicted molar refractivity (Wildman–Crippen MR) is 79.5 cm³/mol. The number of likely N-dealkylation sites (tertiary alicyclic amines) is 1. The van der Waals surface area contributed by atoms with Gasteiger partial charge >= 0.3 is 0 Å². The average molecular weight is 286 g/mol. The molecule has 0 saturated carbocycles. The molecule has 0 aromatic heterocycles. The average Bonchev–Trinajstić information content (AvgIpc) is 2.43. The van der Waals surface area contributed by atoms with Crippen LogP contribution in [0.15, 0.2) is 0 Å². The molecule has 1 heterocycles. The van der Waals surface area contributed by atoms with Crippen molar-refractivity contribution in [2.45, 2.75) is 51.7 Å². The van der Waals surface area contributed by atoms with Gasteiger partial charge in [-0.25, -0.2) is 0 Å². The zero-order valence-corrected chi connectivity index (χ0v) is 13.1. The van der Waals surface area contributed by atoms with Crippen LogP contribution in [-0.2, 0) is 14.3 Å². The number of nitrogens with zero attached hydrogens (tertiary/aromatic N) is 1. The highest BCUT2D eigenvalue weighted by molar-refractivity contribution is 5.81. The Labute approximate surface area is 122 Å². The molecule has 0 aromatic carbocycles. The summed E-state index contributed by atoms with van der Waals surface area (Å²) in [5.41, 5.74) is 5.96. The van der Waals surface area contributed by atoms with Crippen LogP contribution in [0.1, 0.15) is 39.5 Å². The fourth-order valence-corrected chi connectivity index (χ4v) is 2.54. The van der Waals surface area contributed by atoms with Crippen molar-refractivity contribution in [1.29, 1.82) is 0 Å². The van der Waals surface area contributed by atoms with Crippen LogP contribution in [0.25, 0.3) is 0 Å². The Morgan fingerprint density at radius 2 is 1.95 bits per heavy atom. The Morgan fingerprint density at radius 3 is 2.50 bits per heavy atom. The molecule has 0 aromatic rings. The van der Waals surface area contributed by atoms with Gasteiger partial charge in [0, 0.05) is 33.4 Å². The normalized spacial score (nSPS) is 18.6. The number of hydrogen-bond acceptors (Lipinski definition) is 4. The molecule has 118 valence electrons. The van der Waals surface area contributed by atoms with Crippen molar-refractivity contribution in [3.8, 4) is 0 Å². The lowest BCUT2D eigenvalue weighted by molar-refractivity contribution is -0.135. The van der Waals surface area contributed by atoms with E-state index >= 15 is 0 Å². The maximum absolute atomic E-state index is 12.2. The number of hydrogen-bond donors (Lipinski definition) is 1. The molecular formula is C15H30N2O3. The van der Waals surface area contributed by atoms with E-state index in [2.05, 4.69) is 13.8 Å². The lowest BCUT2D eigenvalue weighted by Crippen LogP contribution is -2.48. The van der Waals surface area contributed by atoms with Gasteiger partial charge < -0.3 is 20.1 Å². The molecule has 5 heteroatoms. The van der Waals surface area contributed by atoms with Crippen LogP contribution < -0.4 is 5.73 Å². The number of carbonyl (C=O) groups is 1. The van der Waals surface area contributed by atoms with Crippen molar-refractivity contribution in [2.24, 2.45) is 11.7 Å². The van der Waals surface area contributed by atoms with Crippen LogP contribution in [0.3, 0.4) is 0 Å². The van der Waals surface area contributed by atoms with Gasteiger partial charge in [0.25, 0.3) is 0 Å². The first-order valence-electron chi connectivity index (χ1n) is 7.69. The van der Waals surface area contributed by atoms with E-state index in [0.29, 0.717) is 5.92 Å². The molecule has 1 aliphatic heterocycles. The summed E-state index contributed by atoms with van der Waals surface area (Å²) in [6.07, 6.45) is 3.78. The largest absolute Gasteiger partial charge is 0.385 e. The third-order valence-electron chi connectivity index (χ3n) is 3.64. The topological polar surface area (TPSA) is 64.8 Å². The lowest BCUT2D eigenvalue weighted by Gasteiger charge is -2.33. The lowest BCUT2D eigenvalue weighted by atomic mass is 10.0. The van der Waals surface area contributed by atoms with Gasteiger partial charge in [-0.3, -0.25) is 4.79 Å². The first-order valence-corrected chi connectivity index (χ1v) is 7.69. The van der Waals surface area contributed by atoms with Crippen LogP contribution in [0.4, 0.5) is 0 Å². The van der Waals surface area contributed by atoms with Gasteiger partial charge in [-0.1, -0.05) is 13.8 Å². The number of piperidine rings is 1. The first kappa shape index (κ1) is 17.4. The Morgan fingerprint density at radius 1 is 1.30 bits per heavy atom. The van der Waals surface area contributed by atoms with Crippen LogP contribution in [0.5, 0.6) is 0 Å². The van der Waals surface area contributed by atoms with Gasteiger partial charge in [-0.2, -0.15) is 0 Å². The number of methoxy groups -OCH3 is 1. The Kier molecular flexibility index (Phi) is 8.11. The zero-order chi connectivity index (χ0) is 15.0. The minimum atomic E-state index is -0.353. The van der Waals surface area contributed by atoms with E-state index in [1.165, 1.54) is 0 Å². The van der Waals surface area contributed by atoms with Crippen molar-refractivity contribution < 1.29 is 14.3 Å². The molecule has 20 heavy (non-hydrogen) atoms. The first-order chi connectivity index (χ1) is 9.54. The van der Waals surface area contributed by atoms with Gasteiger partial charge in [-0.05, 0) is 31.6 Å². The molecule has 5 nitrogen and oxygen atoms in total. The van der Waals surface area contributed by atoms with Crippen LogP contribution in [0.2, 0.25) is 0 Å². The smallest absolute Gasteiger partial charge is 0.239 e. The second kappa shape index (κ2) is 9.32. The van der Waals surface area contributed by atoms with Gasteiger partial charge in [0.2, 0.25) is 5.91 Å². The third kappa shape index (κ3) is 6.20. The van der Waals surface area contributed by atoms with Crippen molar-refractivity contribution >= 4 is 5.91 Å². The maximum Gasteiger partial charge on any atom is 0.239 e. The van der Waals surface area contributed by atoms with E-state index in [1.54, 1.807) is 7.11 Å².